The van der Waals surface area contributed by atoms with Crippen molar-refractivity contribution in [2.45, 2.75) is 13.8 Å². The number of halogens is 1. The Morgan fingerprint density at radius 3 is 2.42 bits per heavy atom. The summed E-state index contributed by atoms with van der Waals surface area (Å²) < 4.78 is 5.93. The smallest absolute Gasteiger partial charge is 0.256 e. The van der Waals surface area contributed by atoms with Gasteiger partial charge in [0.25, 0.3) is 5.91 Å². The number of nitrogens with one attached hydrogen (secondary N) is 1. The summed E-state index contributed by atoms with van der Waals surface area (Å²) in [6.07, 6.45) is 0. The van der Waals surface area contributed by atoms with Gasteiger partial charge in [-0.15, -0.1) is 0 Å². The molecule has 1 aromatic heterocycles. The van der Waals surface area contributed by atoms with Gasteiger partial charge in [0.1, 0.15) is 5.52 Å². The van der Waals surface area contributed by atoms with E-state index >= 15 is 0 Å². The third-order valence-corrected chi connectivity index (χ3v) is 5.84. The van der Waals surface area contributed by atoms with Crippen molar-refractivity contribution in [1.82, 2.24) is 4.98 Å². The molecule has 31 heavy (non-hydrogen) atoms. The molecule has 1 N–H and O–H groups in total. The SMILES string of the molecule is Cc1cc2nc(-c3ccc(NC(=O)c4cccc5c(Cl)cccc45)cc3)oc2cc1C. The van der Waals surface area contributed by atoms with Gasteiger partial charge < -0.3 is 9.73 Å². The van der Waals surface area contributed by atoms with Crippen molar-refractivity contribution in [3.05, 3.63) is 94.5 Å². The first-order valence-corrected chi connectivity index (χ1v) is 10.3. The number of carbonyl (C=O) groups is 1. The Morgan fingerprint density at radius 2 is 1.61 bits per heavy atom. The number of carbonyl (C=O) groups excluding carboxylic acids is 1. The molecule has 0 aliphatic rings. The van der Waals surface area contributed by atoms with Gasteiger partial charge in [-0.2, -0.15) is 0 Å². The molecule has 1 heterocycles. The predicted molar refractivity (Wildman–Crippen MR) is 126 cm³/mol. The average Bonchev–Trinajstić information content (AvgIpc) is 3.17. The minimum atomic E-state index is -0.187. The van der Waals surface area contributed by atoms with Crippen LogP contribution in [-0.2, 0) is 0 Å². The van der Waals surface area contributed by atoms with Gasteiger partial charge in [0.2, 0.25) is 5.89 Å². The van der Waals surface area contributed by atoms with E-state index in [2.05, 4.69) is 24.1 Å². The number of amides is 1. The van der Waals surface area contributed by atoms with Crippen molar-refractivity contribution in [3.63, 3.8) is 0 Å². The summed E-state index contributed by atoms with van der Waals surface area (Å²) in [6, 6.07) is 22.6. The molecule has 0 fully saturated rings. The lowest BCUT2D eigenvalue weighted by Crippen LogP contribution is -2.12. The fourth-order valence-corrected chi connectivity index (χ4v) is 3.91. The lowest BCUT2D eigenvalue weighted by Gasteiger charge is -2.09. The number of benzene rings is 4. The van der Waals surface area contributed by atoms with Crippen molar-refractivity contribution in [3.8, 4) is 11.5 Å². The van der Waals surface area contributed by atoms with Crippen LogP contribution in [0.4, 0.5) is 5.69 Å². The highest BCUT2D eigenvalue weighted by molar-refractivity contribution is 6.36. The lowest BCUT2D eigenvalue weighted by atomic mass is 10.0. The van der Waals surface area contributed by atoms with Gasteiger partial charge >= 0.3 is 0 Å². The van der Waals surface area contributed by atoms with E-state index in [9.17, 15) is 4.79 Å². The fourth-order valence-electron chi connectivity index (χ4n) is 3.67. The highest BCUT2D eigenvalue weighted by Gasteiger charge is 2.13. The van der Waals surface area contributed by atoms with Crippen LogP contribution in [0.5, 0.6) is 0 Å². The normalized spacial score (nSPS) is 11.2. The molecule has 4 nitrogen and oxygen atoms in total. The van der Waals surface area contributed by atoms with E-state index in [1.165, 1.54) is 11.1 Å². The van der Waals surface area contributed by atoms with E-state index in [1.54, 1.807) is 6.07 Å². The van der Waals surface area contributed by atoms with Crippen LogP contribution in [0.15, 0.2) is 77.2 Å². The predicted octanol–water partition coefficient (Wildman–Crippen LogP) is 7.17. The Morgan fingerprint density at radius 1 is 0.903 bits per heavy atom. The molecule has 5 aromatic rings. The highest BCUT2D eigenvalue weighted by Crippen LogP contribution is 2.29. The Kier molecular flexibility index (Phi) is 4.72. The van der Waals surface area contributed by atoms with Crippen LogP contribution < -0.4 is 5.32 Å². The van der Waals surface area contributed by atoms with E-state index in [-0.39, 0.29) is 5.91 Å². The molecular weight excluding hydrogens is 408 g/mol. The van der Waals surface area contributed by atoms with Crippen LogP contribution in [0.3, 0.4) is 0 Å². The first-order chi connectivity index (χ1) is 15.0. The van der Waals surface area contributed by atoms with Gasteiger partial charge in [-0.3, -0.25) is 4.79 Å². The molecule has 1 amide bonds. The molecule has 0 spiro atoms. The second kappa shape index (κ2) is 7.56. The van der Waals surface area contributed by atoms with Crippen LogP contribution >= 0.6 is 11.6 Å². The summed E-state index contributed by atoms with van der Waals surface area (Å²) in [6.45, 7) is 4.11. The van der Waals surface area contributed by atoms with Gasteiger partial charge in [-0.05, 0) is 78.9 Å². The van der Waals surface area contributed by atoms with Gasteiger partial charge in [0, 0.05) is 27.2 Å². The summed E-state index contributed by atoms with van der Waals surface area (Å²) >= 11 is 6.27. The molecule has 0 saturated carbocycles. The zero-order valence-electron chi connectivity index (χ0n) is 17.1. The summed E-state index contributed by atoms with van der Waals surface area (Å²) in [5, 5.41) is 5.26. The Bertz CT molecular complexity index is 1410. The number of aryl methyl sites for hydroxylation is 2. The fraction of sp³-hybridized carbons (Fsp3) is 0.0769. The molecule has 0 atom stereocenters. The molecule has 0 unspecified atom stereocenters. The first-order valence-electron chi connectivity index (χ1n) is 9.96. The van der Waals surface area contributed by atoms with Crippen LogP contribution in [0.25, 0.3) is 33.3 Å². The number of fused-ring (bicyclic) bond motifs is 2. The summed E-state index contributed by atoms with van der Waals surface area (Å²) in [4.78, 5) is 17.5. The standard InChI is InChI=1S/C26H19ClN2O2/c1-15-13-23-24(14-16(15)2)31-26(29-23)17-9-11-18(12-10-17)28-25(30)21-7-3-6-20-19(21)5-4-8-22(20)27/h3-14H,1-2H3,(H,28,30). The molecule has 0 saturated heterocycles. The summed E-state index contributed by atoms with van der Waals surface area (Å²) in [5.74, 6) is 0.370. The van der Waals surface area contributed by atoms with Crippen molar-refractivity contribution < 1.29 is 9.21 Å². The maximum Gasteiger partial charge on any atom is 0.256 e. The second-order valence-corrected chi connectivity index (χ2v) is 8.00. The highest BCUT2D eigenvalue weighted by atomic mass is 35.5. The van der Waals surface area contributed by atoms with Gasteiger partial charge in [0.15, 0.2) is 5.58 Å². The minimum absolute atomic E-state index is 0.187. The molecule has 0 aliphatic heterocycles. The Labute approximate surface area is 184 Å². The monoisotopic (exact) mass is 426 g/mol. The van der Waals surface area contributed by atoms with E-state index in [1.807, 2.05) is 66.7 Å². The van der Waals surface area contributed by atoms with Crippen molar-refractivity contribution in [1.29, 1.82) is 0 Å². The zero-order valence-corrected chi connectivity index (χ0v) is 17.8. The van der Waals surface area contributed by atoms with Crippen LogP contribution in [0, 0.1) is 13.8 Å². The second-order valence-electron chi connectivity index (χ2n) is 7.60. The van der Waals surface area contributed by atoms with Crippen LogP contribution in [0.2, 0.25) is 5.02 Å². The number of aromatic nitrogens is 1. The average molecular weight is 427 g/mol. The van der Waals surface area contributed by atoms with Crippen molar-refractivity contribution in [2.75, 3.05) is 5.32 Å². The van der Waals surface area contributed by atoms with E-state index in [0.29, 0.717) is 22.2 Å². The van der Waals surface area contributed by atoms with E-state index in [4.69, 9.17) is 16.0 Å². The third kappa shape index (κ3) is 3.56. The number of nitrogens with zero attached hydrogens (tertiary/aromatic N) is 1. The van der Waals surface area contributed by atoms with E-state index < -0.39 is 0 Å². The van der Waals surface area contributed by atoms with Gasteiger partial charge in [-0.25, -0.2) is 4.98 Å². The molecule has 5 heteroatoms. The zero-order chi connectivity index (χ0) is 21.5. The molecule has 152 valence electrons. The summed E-state index contributed by atoms with van der Waals surface area (Å²) in [5.41, 5.74) is 6.07. The molecule has 4 aromatic carbocycles. The van der Waals surface area contributed by atoms with Crippen LogP contribution in [0.1, 0.15) is 21.5 Å². The summed E-state index contributed by atoms with van der Waals surface area (Å²) in [7, 11) is 0. The third-order valence-electron chi connectivity index (χ3n) is 5.51. The quantitative estimate of drug-likeness (QED) is 0.332. The van der Waals surface area contributed by atoms with Gasteiger partial charge in [-0.1, -0.05) is 35.9 Å². The number of oxazole rings is 1. The largest absolute Gasteiger partial charge is 0.436 e. The number of anilines is 1. The topological polar surface area (TPSA) is 55.1 Å². The van der Waals surface area contributed by atoms with Crippen molar-refractivity contribution >= 4 is 45.1 Å². The van der Waals surface area contributed by atoms with Gasteiger partial charge in [0.05, 0.1) is 0 Å². The number of hydrogen-bond acceptors (Lipinski definition) is 3. The maximum absolute atomic E-state index is 12.9. The Hall–Kier alpha value is -3.63. The lowest BCUT2D eigenvalue weighted by molar-refractivity contribution is 0.102. The molecule has 0 bridgehead atoms. The maximum atomic E-state index is 12.9. The van der Waals surface area contributed by atoms with Crippen molar-refractivity contribution in [2.24, 2.45) is 0 Å². The van der Waals surface area contributed by atoms with Crippen LogP contribution in [-0.4, -0.2) is 10.9 Å². The first kappa shape index (κ1) is 19.3. The molecule has 0 aliphatic carbocycles. The number of hydrogen-bond donors (Lipinski definition) is 1. The minimum Gasteiger partial charge on any atom is -0.436 e. The van der Waals surface area contributed by atoms with E-state index in [0.717, 1.165) is 27.4 Å². The number of rotatable bonds is 3. The Balaban J connectivity index is 1.41. The molecule has 5 rings (SSSR count). The molecular formula is C26H19ClN2O2. The molecule has 0 radical (unpaired) electrons.